The molecule has 0 spiro atoms. The molecule has 1 aromatic carbocycles. The summed E-state index contributed by atoms with van der Waals surface area (Å²) >= 11 is 1.49. The molecule has 1 aliphatic carbocycles. The van der Waals surface area contributed by atoms with Gasteiger partial charge in [-0.25, -0.2) is 4.98 Å². The number of rotatable bonds is 9. The van der Waals surface area contributed by atoms with Crippen molar-refractivity contribution in [2.75, 3.05) is 6.61 Å². The van der Waals surface area contributed by atoms with Gasteiger partial charge in [-0.15, -0.1) is 11.3 Å². The van der Waals surface area contributed by atoms with Gasteiger partial charge in [-0.05, 0) is 30.9 Å². The predicted molar refractivity (Wildman–Crippen MR) is 115 cm³/mol. The lowest BCUT2D eigenvalue weighted by Gasteiger charge is -2.19. The van der Waals surface area contributed by atoms with Crippen LogP contribution in [0.4, 0.5) is 8.78 Å². The van der Waals surface area contributed by atoms with Crippen LogP contribution in [0.3, 0.4) is 0 Å². The number of epoxide rings is 1. The topological polar surface area (TPSA) is 81.8 Å². The van der Waals surface area contributed by atoms with Gasteiger partial charge in [-0.1, -0.05) is 18.2 Å². The van der Waals surface area contributed by atoms with Gasteiger partial charge in [-0.2, -0.15) is 13.5 Å². The summed E-state index contributed by atoms with van der Waals surface area (Å²) in [4.78, 5) is 5.53. The second-order valence-electron chi connectivity index (χ2n) is 7.68. The number of alkyl halides is 2. The fourth-order valence-corrected chi connectivity index (χ4v) is 4.37. The Morgan fingerprint density at radius 1 is 1.22 bits per heavy atom. The van der Waals surface area contributed by atoms with E-state index in [1.54, 1.807) is 36.5 Å². The average Bonchev–Trinajstić information content (AvgIpc) is 3.65. The largest absolute Gasteiger partial charge is 0.619 e. The second-order valence-corrected chi connectivity index (χ2v) is 8.83. The number of thiazole rings is 1. The van der Waals surface area contributed by atoms with E-state index in [2.05, 4.69) is 4.98 Å². The van der Waals surface area contributed by atoms with E-state index >= 15 is 0 Å². The van der Waals surface area contributed by atoms with Crippen molar-refractivity contribution >= 4 is 11.3 Å². The van der Waals surface area contributed by atoms with E-state index in [1.807, 2.05) is 0 Å². The van der Waals surface area contributed by atoms with Crippen molar-refractivity contribution in [1.82, 2.24) is 4.98 Å². The van der Waals surface area contributed by atoms with Gasteiger partial charge < -0.3 is 19.8 Å². The lowest BCUT2D eigenvalue weighted by atomic mass is 9.92. The van der Waals surface area contributed by atoms with Crippen LogP contribution < -0.4 is 9.47 Å². The molecule has 1 N–H and O–H groups in total. The van der Waals surface area contributed by atoms with E-state index in [4.69, 9.17) is 14.6 Å². The van der Waals surface area contributed by atoms with Gasteiger partial charge in [0.05, 0.1) is 12.2 Å². The fourth-order valence-electron chi connectivity index (χ4n) is 3.29. The van der Waals surface area contributed by atoms with Gasteiger partial charge >= 0.3 is 6.61 Å². The first-order chi connectivity index (χ1) is 15.5. The highest BCUT2D eigenvalue weighted by Gasteiger charge is 2.56. The molecule has 0 radical (unpaired) electrons. The zero-order chi connectivity index (χ0) is 22.5. The Hall–Kier alpha value is -2.62. The number of fused-ring (bicyclic) bond motifs is 1. The van der Waals surface area contributed by atoms with Crippen LogP contribution in [0, 0.1) is 5.21 Å². The molecule has 170 valence electrons. The van der Waals surface area contributed by atoms with E-state index in [-0.39, 0.29) is 18.3 Å². The minimum atomic E-state index is -2.92. The number of halogens is 2. The lowest BCUT2D eigenvalue weighted by Crippen LogP contribution is -2.24. The number of ether oxygens (including phenoxy) is 2. The van der Waals surface area contributed by atoms with Crippen LogP contribution in [-0.2, 0) is 17.6 Å². The summed E-state index contributed by atoms with van der Waals surface area (Å²) in [6.07, 6.45) is 9.26. The van der Waals surface area contributed by atoms with E-state index in [0.29, 0.717) is 29.6 Å². The van der Waals surface area contributed by atoms with E-state index in [1.165, 1.54) is 36.2 Å². The molecule has 2 fully saturated rings. The number of benzene rings is 1. The van der Waals surface area contributed by atoms with Gasteiger partial charge in [0, 0.05) is 47.7 Å². The van der Waals surface area contributed by atoms with E-state index in [0.717, 1.165) is 27.7 Å². The Balaban J connectivity index is 0.000000537. The standard InChI is InChI=1S/C20H20F2N2O3S.C3H4O/c21-20(22)27-18-6-2-1-5-16(18)17(12-14-7-9-24(26)10-8-14)19-23-13-15(28-19)4-3-11-25;1-2-3(1)4-2/h1-2,5-10,13,17,20,25H,3-4,11-12H2;2-3H,1H2. The van der Waals surface area contributed by atoms with Crippen LogP contribution >= 0.6 is 11.3 Å². The third kappa shape index (κ3) is 6.21. The van der Waals surface area contributed by atoms with Crippen molar-refractivity contribution in [2.45, 2.75) is 50.4 Å². The summed E-state index contributed by atoms with van der Waals surface area (Å²) < 4.78 is 36.0. The average molecular weight is 463 g/mol. The Morgan fingerprint density at radius 2 is 1.91 bits per heavy atom. The number of para-hydroxylation sites is 1. The van der Waals surface area contributed by atoms with Crippen molar-refractivity contribution < 1.29 is 28.1 Å². The molecule has 32 heavy (non-hydrogen) atoms. The Kier molecular flexibility index (Phi) is 7.29. The molecule has 2 aliphatic rings. The number of hydrogen-bond donors (Lipinski definition) is 1. The van der Waals surface area contributed by atoms with Crippen molar-refractivity contribution in [3.05, 3.63) is 81.2 Å². The maximum absolute atomic E-state index is 12.9. The van der Waals surface area contributed by atoms with Crippen LogP contribution in [0.25, 0.3) is 0 Å². The predicted octanol–water partition coefficient (Wildman–Crippen LogP) is 3.83. The van der Waals surface area contributed by atoms with Crippen molar-refractivity contribution in [2.24, 2.45) is 0 Å². The van der Waals surface area contributed by atoms with Gasteiger partial charge in [0.15, 0.2) is 12.4 Å². The van der Waals surface area contributed by atoms with Crippen molar-refractivity contribution in [3.63, 3.8) is 0 Å². The fraction of sp³-hybridized carbons (Fsp3) is 0.391. The number of aliphatic hydroxyl groups is 1. The minimum Gasteiger partial charge on any atom is -0.619 e. The van der Waals surface area contributed by atoms with Gasteiger partial charge in [0.1, 0.15) is 10.8 Å². The van der Waals surface area contributed by atoms with Gasteiger partial charge in [0.25, 0.3) is 0 Å². The minimum absolute atomic E-state index is 0.0981. The highest BCUT2D eigenvalue weighted by molar-refractivity contribution is 7.11. The first-order valence-corrected chi connectivity index (χ1v) is 11.3. The van der Waals surface area contributed by atoms with Crippen molar-refractivity contribution in [3.8, 4) is 5.75 Å². The Bertz CT molecular complexity index is 1000. The third-order valence-corrected chi connectivity index (χ3v) is 6.39. The molecule has 1 saturated carbocycles. The van der Waals surface area contributed by atoms with E-state index in [9.17, 15) is 14.0 Å². The highest BCUT2D eigenvalue weighted by atomic mass is 32.1. The summed E-state index contributed by atoms with van der Waals surface area (Å²) in [7, 11) is 0. The number of hydrogen-bond acceptors (Lipinski definition) is 6. The second kappa shape index (κ2) is 10.3. The highest BCUT2D eigenvalue weighted by Crippen LogP contribution is 2.46. The molecule has 9 heteroatoms. The molecule has 0 bridgehead atoms. The normalized spacial score (nSPS) is 19.0. The quantitative estimate of drug-likeness (QED) is 0.297. The summed E-state index contributed by atoms with van der Waals surface area (Å²) in [5.74, 6) is -0.185. The Labute approximate surface area is 188 Å². The monoisotopic (exact) mass is 462 g/mol. The molecule has 0 amide bonds. The van der Waals surface area contributed by atoms with Crippen LogP contribution in [0.1, 0.15) is 39.8 Å². The molecular weight excluding hydrogens is 438 g/mol. The lowest BCUT2D eigenvalue weighted by molar-refractivity contribution is -0.605. The zero-order valence-corrected chi connectivity index (χ0v) is 18.1. The molecule has 3 aromatic rings. The number of aliphatic hydroxyl groups excluding tert-OH is 1. The van der Waals surface area contributed by atoms with Gasteiger partial charge in [-0.3, -0.25) is 0 Å². The first-order valence-electron chi connectivity index (χ1n) is 10.5. The maximum Gasteiger partial charge on any atom is 0.387 e. The Morgan fingerprint density at radius 3 is 2.53 bits per heavy atom. The molecule has 5 rings (SSSR count). The van der Waals surface area contributed by atoms with Crippen LogP contribution in [0.15, 0.2) is 55.0 Å². The third-order valence-electron chi connectivity index (χ3n) is 5.22. The van der Waals surface area contributed by atoms with Crippen molar-refractivity contribution in [1.29, 1.82) is 0 Å². The van der Waals surface area contributed by atoms with Gasteiger partial charge in [0.2, 0.25) is 0 Å². The van der Waals surface area contributed by atoms with Crippen LogP contribution in [-0.4, -0.2) is 35.5 Å². The first kappa shape index (κ1) is 22.6. The number of nitrogens with zero attached hydrogens (tertiary/aromatic N) is 2. The number of pyridine rings is 1. The summed E-state index contributed by atoms with van der Waals surface area (Å²) in [5.41, 5.74) is 1.50. The summed E-state index contributed by atoms with van der Waals surface area (Å²) in [6.45, 7) is -2.82. The van der Waals surface area contributed by atoms with Crippen LogP contribution in [0.5, 0.6) is 5.75 Å². The summed E-state index contributed by atoms with van der Waals surface area (Å²) in [5, 5.41) is 21.1. The SMILES string of the molecule is C1C2OC12.[O-][n+]1ccc(CC(c2ncc(CCCO)s2)c2ccccc2OC(F)F)cc1. The molecule has 6 nitrogen and oxygen atoms in total. The molecule has 2 aromatic heterocycles. The molecule has 1 saturated heterocycles. The number of aryl methyl sites for hydroxylation is 1. The smallest absolute Gasteiger partial charge is 0.387 e. The molecule has 3 atom stereocenters. The molecular formula is C23H24F2N2O4S. The number of aromatic nitrogens is 2. The van der Waals surface area contributed by atoms with Crippen LogP contribution in [0.2, 0.25) is 0 Å². The summed E-state index contributed by atoms with van der Waals surface area (Å²) in [6, 6.07) is 10.1. The molecule has 1 aliphatic heterocycles. The zero-order valence-electron chi connectivity index (χ0n) is 17.3. The molecule has 3 unspecified atom stereocenters. The maximum atomic E-state index is 12.9. The molecule has 3 heterocycles. The van der Waals surface area contributed by atoms with E-state index < -0.39 is 6.61 Å².